The highest BCUT2D eigenvalue weighted by molar-refractivity contribution is 5.86. The maximum absolute atomic E-state index is 12.7. The molecule has 3 heteroatoms. The van der Waals surface area contributed by atoms with E-state index in [-0.39, 0.29) is 17.2 Å². The van der Waals surface area contributed by atoms with Gasteiger partial charge in [0.05, 0.1) is 0 Å². The van der Waals surface area contributed by atoms with Crippen molar-refractivity contribution < 1.29 is 14.3 Å². The fourth-order valence-electron chi connectivity index (χ4n) is 9.41. The van der Waals surface area contributed by atoms with Crippen LogP contribution in [0.25, 0.3) is 0 Å². The standard InChI is InChI=1S/C29H48O3/c1-18(2)8-7-9-19(3)23-12-13-24-22-11-10-21-16-26(31)27(32-20(4)30)17-29(21,6)25(22)14-15-28(23,24)5/h18-19,21-25,27H,7-17H2,1-6H3/t19-,21+,22?,23?,24?,25?,27-,28?,29?/m1/s1. The Hall–Kier alpha value is -0.860. The van der Waals surface area contributed by atoms with Gasteiger partial charge in [0.15, 0.2) is 11.9 Å². The summed E-state index contributed by atoms with van der Waals surface area (Å²) >= 11 is 0. The van der Waals surface area contributed by atoms with Crippen molar-refractivity contribution >= 4 is 11.8 Å². The van der Waals surface area contributed by atoms with Crippen LogP contribution in [0.4, 0.5) is 0 Å². The lowest BCUT2D eigenvalue weighted by Gasteiger charge is -2.61. The van der Waals surface area contributed by atoms with Gasteiger partial charge in [-0.15, -0.1) is 0 Å². The zero-order valence-corrected chi connectivity index (χ0v) is 21.6. The SMILES string of the molecule is CC(=O)O[C@@H]1CC2(C)C3CCC4(C)C(CCC4[C@H](C)CCCC(C)C)C3CC[C@H]2CC1=O. The van der Waals surface area contributed by atoms with Crippen molar-refractivity contribution in [2.24, 2.45) is 52.3 Å². The van der Waals surface area contributed by atoms with Crippen LogP contribution >= 0.6 is 0 Å². The molecular formula is C29H48O3. The molecule has 0 amide bonds. The molecule has 0 aromatic rings. The zero-order valence-electron chi connectivity index (χ0n) is 21.6. The lowest BCUT2D eigenvalue weighted by atomic mass is 9.44. The molecule has 4 saturated carbocycles. The molecule has 4 rings (SSSR count). The summed E-state index contributed by atoms with van der Waals surface area (Å²) in [5, 5.41) is 0. The largest absolute Gasteiger partial charge is 0.455 e. The van der Waals surface area contributed by atoms with Crippen LogP contribution in [0.3, 0.4) is 0 Å². The van der Waals surface area contributed by atoms with E-state index in [1.54, 1.807) is 0 Å². The van der Waals surface area contributed by atoms with Gasteiger partial charge in [0.2, 0.25) is 0 Å². The van der Waals surface area contributed by atoms with Gasteiger partial charge in [-0.2, -0.15) is 0 Å². The van der Waals surface area contributed by atoms with Crippen molar-refractivity contribution in [3.63, 3.8) is 0 Å². The third-order valence-corrected chi connectivity index (χ3v) is 11.0. The first-order chi connectivity index (χ1) is 15.1. The van der Waals surface area contributed by atoms with Gasteiger partial charge in [-0.25, -0.2) is 0 Å². The van der Waals surface area contributed by atoms with Gasteiger partial charge in [0, 0.05) is 13.3 Å². The average molecular weight is 445 g/mol. The first-order valence-corrected chi connectivity index (χ1v) is 13.8. The first-order valence-electron chi connectivity index (χ1n) is 13.8. The van der Waals surface area contributed by atoms with Gasteiger partial charge in [-0.3, -0.25) is 9.59 Å². The summed E-state index contributed by atoms with van der Waals surface area (Å²) in [5.41, 5.74) is 0.653. The van der Waals surface area contributed by atoms with Crippen molar-refractivity contribution in [1.82, 2.24) is 0 Å². The summed E-state index contributed by atoms with van der Waals surface area (Å²) in [6.45, 7) is 13.8. The van der Waals surface area contributed by atoms with E-state index in [1.807, 2.05) is 0 Å². The van der Waals surface area contributed by atoms with Gasteiger partial charge in [0.25, 0.3) is 0 Å². The molecule has 4 fully saturated rings. The van der Waals surface area contributed by atoms with Crippen LogP contribution in [-0.4, -0.2) is 17.9 Å². The zero-order chi connectivity index (χ0) is 23.3. The number of carbonyl (C=O) groups is 2. The van der Waals surface area contributed by atoms with E-state index in [1.165, 1.54) is 64.7 Å². The second kappa shape index (κ2) is 9.06. The highest BCUT2D eigenvalue weighted by Crippen LogP contribution is 2.68. The summed E-state index contributed by atoms with van der Waals surface area (Å²) in [6.07, 6.45) is 13.0. The number of hydrogen-bond donors (Lipinski definition) is 0. The van der Waals surface area contributed by atoms with Crippen molar-refractivity contribution in [3.8, 4) is 0 Å². The molecule has 0 aliphatic heterocycles. The summed E-state index contributed by atoms with van der Waals surface area (Å²) in [6, 6.07) is 0. The summed E-state index contributed by atoms with van der Waals surface area (Å²) < 4.78 is 5.52. The molecule has 3 nitrogen and oxygen atoms in total. The van der Waals surface area contributed by atoms with E-state index in [4.69, 9.17) is 4.74 Å². The normalized spacial score (nSPS) is 44.5. The molecule has 0 aromatic carbocycles. The molecule has 0 heterocycles. The maximum Gasteiger partial charge on any atom is 0.303 e. The van der Waals surface area contributed by atoms with Crippen LogP contribution in [0.2, 0.25) is 0 Å². The Morgan fingerprint density at radius 2 is 1.72 bits per heavy atom. The Bertz CT molecular complexity index is 713. The number of hydrogen-bond acceptors (Lipinski definition) is 3. The van der Waals surface area contributed by atoms with Gasteiger partial charge < -0.3 is 4.74 Å². The van der Waals surface area contributed by atoms with E-state index in [0.717, 1.165) is 36.0 Å². The minimum absolute atomic E-state index is 0.152. The average Bonchev–Trinajstić information content (AvgIpc) is 3.05. The van der Waals surface area contributed by atoms with Crippen LogP contribution in [0, 0.1) is 52.3 Å². The monoisotopic (exact) mass is 444 g/mol. The van der Waals surface area contributed by atoms with Crippen molar-refractivity contribution in [1.29, 1.82) is 0 Å². The minimum Gasteiger partial charge on any atom is -0.455 e. The molecule has 32 heavy (non-hydrogen) atoms. The van der Waals surface area contributed by atoms with Gasteiger partial charge >= 0.3 is 5.97 Å². The summed E-state index contributed by atoms with van der Waals surface area (Å²) in [4.78, 5) is 24.3. The predicted octanol–water partition coefficient (Wildman–Crippen LogP) is 7.22. The maximum atomic E-state index is 12.7. The number of rotatable bonds is 6. The van der Waals surface area contributed by atoms with E-state index >= 15 is 0 Å². The third-order valence-electron chi connectivity index (χ3n) is 11.0. The smallest absolute Gasteiger partial charge is 0.303 e. The van der Waals surface area contributed by atoms with Gasteiger partial charge in [0.1, 0.15) is 0 Å². The Balaban J connectivity index is 1.49. The molecular weight excluding hydrogens is 396 g/mol. The fraction of sp³-hybridized carbons (Fsp3) is 0.931. The first kappa shape index (κ1) is 24.3. The van der Waals surface area contributed by atoms with Crippen molar-refractivity contribution in [2.75, 3.05) is 0 Å². The molecule has 4 aliphatic carbocycles. The third kappa shape index (κ3) is 4.20. The molecule has 0 radical (unpaired) electrons. The number of carbonyl (C=O) groups excluding carboxylic acids is 2. The lowest BCUT2D eigenvalue weighted by molar-refractivity contribution is -0.171. The van der Waals surface area contributed by atoms with Crippen LogP contribution in [-0.2, 0) is 14.3 Å². The molecule has 0 N–H and O–H groups in total. The van der Waals surface area contributed by atoms with Crippen LogP contribution < -0.4 is 0 Å². The molecule has 6 unspecified atom stereocenters. The van der Waals surface area contributed by atoms with Crippen LogP contribution in [0.15, 0.2) is 0 Å². The second-order valence-electron chi connectivity index (χ2n) is 13.2. The fourth-order valence-corrected chi connectivity index (χ4v) is 9.41. The van der Waals surface area contributed by atoms with E-state index in [9.17, 15) is 9.59 Å². The molecule has 0 spiro atoms. The molecule has 9 atom stereocenters. The molecule has 0 aromatic heterocycles. The lowest BCUT2D eigenvalue weighted by Crippen LogP contribution is -2.56. The van der Waals surface area contributed by atoms with E-state index in [0.29, 0.717) is 23.7 Å². The van der Waals surface area contributed by atoms with Crippen molar-refractivity contribution in [3.05, 3.63) is 0 Å². The number of ketones is 1. The van der Waals surface area contributed by atoms with Gasteiger partial charge in [-0.05, 0) is 97.2 Å². The summed E-state index contributed by atoms with van der Waals surface area (Å²) in [5.74, 6) is 5.23. The topological polar surface area (TPSA) is 43.4 Å². The predicted molar refractivity (Wildman–Crippen MR) is 129 cm³/mol. The number of ether oxygens (including phenoxy) is 1. The van der Waals surface area contributed by atoms with Crippen LogP contribution in [0.5, 0.6) is 0 Å². The van der Waals surface area contributed by atoms with Crippen LogP contribution in [0.1, 0.15) is 112 Å². The Morgan fingerprint density at radius 3 is 2.41 bits per heavy atom. The number of Topliss-reactive ketones (excluding diaryl/α,β-unsaturated/α-hetero) is 1. The van der Waals surface area contributed by atoms with E-state index in [2.05, 4.69) is 34.6 Å². The molecule has 4 aliphatic rings. The van der Waals surface area contributed by atoms with Crippen molar-refractivity contribution in [2.45, 2.75) is 118 Å². The quantitative estimate of drug-likeness (QED) is 0.406. The Morgan fingerprint density at radius 1 is 1.00 bits per heavy atom. The summed E-state index contributed by atoms with van der Waals surface area (Å²) in [7, 11) is 0. The Kier molecular flexibility index (Phi) is 6.87. The highest BCUT2D eigenvalue weighted by atomic mass is 16.5. The highest BCUT2D eigenvalue weighted by Gasteiger charge is 2.61. The number of esters is 1. The molecule has 0 saturated heterocycles. The second-order valence-corrected chi connectivity index (χ2v) is 13.2. The number of fused-ring (bicyclic) bond motifs is 5. The molecule has 182 valence electrons. The van der Waals surface area contributed by atoms with E-state index < -0.39 is 6.10 Å². The Labute approximate surface area is 196 Å². The minimum atomic E-state index is -0.502. The van der Waals surface area contributed by atoms with Gasteiger partial charge in [-0.1, -0.05) is 53.9 Å². The molecule has 0 bridgehead atoms.